The van der Waals surface area contributed by atoms with E-state index in [1.54, 1.807) is 40.7 Å². The molecule has 2 unspecified atom stereocenters. The molecule has 1 aliphatic heterocycles. The Balaban J connectivity index is 2.10. The number of allylic oxidation sites excluding steroid dienone is 1. The number of aliphatic imine (C=N–C) groups is 1. The molecule has 0 aromatic heterocycles. The van der Waals surface area contributed by atoms with Crippen molar-refractivity contribution in [3.8, 4) is 0 Å². The predicted molar refractivity (Wildman–Crippen MR) is 132 cm³/mol. The minimum absolute atomic E-state index is 0.159. The third-order valence-electron chi connectivity index (χ3n) is 6.57. The summed E-state index contributed by atoms with van der Waals surface area (Å²) in [7, 11) is 1.24. The first-order chi connectivity index (χ1) is 16.8. The minimum Gasteiger partial charge on any atom is -0.468 e. The second-order valence-corrected chi connectivity index (χ2v) is 10.3. The van der Waals surface area contributed by atoms with Crippen LogP contribution in [0.4, 0.5) is 5.69 Å². The number of nitro benzene ring substituents is 1. The van der Waals surface area contributed by atoms with Gasteiger partial charge in [0.05, 0.1) is 12.0 Å². The van der Waals surface area contributed by atoms with Crippen LogP contribution in [0.1, 0.15) is 71.8 Å². The van der Waals surface area contributed by atoms with Gasteiger partial charge >= 0.3 is 11.9 Å². The molecule has 0 saturated heterocycles. The number of rotatable bonds is 6. The maximum atomic E-state index is 13.9. The van der Waals surface area contributed by atoms with Gasteiger partial charge in [0.25, 0.3) is 11.6 Å². The first-order valence-corrected chi connectivity index (χ1v) is 11.9. The number of hydrogen-bond donors (Lipinski definition) is 1. The van der Waals surface area contributed by atoms with Crippen LogP contribution in [0.3, 0.4) is 0 Å². The van der Waals surface area contributed by atoms with E-state index in [9.17, 15) is 24.5 Å². The lowest BCUT2D eigenvalue weighted by Crippen LogP contribution is -2.56. The zero-order valence-corrected chi connectivity index (χ0v) is 21.5. The van der Waals surface area contributed by atoms with Crippen LogP contribution in [0.25, 0.3) is 0 Å². The van der Waals surface area contributed by atoms with Gasteiger partial charge in [-0.2, -0.15) is 0 Å². The minimum atomic E-state index is -1.21. The van der Waals surface area contributed by atoms with Crippen LogP contribution in [-0.4, -0.2) is 46.7 Å². The summed E-state index contributed by atoms with van der Waals surface area (Å²) in [6.07, 6.45) is 2.33. The van der Waals surface area contributed by atoms with Gasteiger partial charge < -0.3 is 14.8 Å². The number of methoxy groups -OCH3 is 1. The summed E-state index contributed by atoms with van der Waals surface area (Å²) in [6, 6.07) is 5.82. The molecule has 1 heterocycles. The van der Waals surface area contributed by atoms with Crippen molar-refractivity contribution >= 4 is 29.2 Å². The average molecular weight is 500 g/mol. The van der Waals surface area contributed by atoms with E-state index < -0.39 is 45.7 Å². The number of nitro groups is 1. The van der Waals surface area contributed by atoms with Gasteiger partial charge in [0.2, 0.25) is 0 Å². The molecule has 1 aromatic rings. The number of esters is 2. The number of benzene rings is 1. The van der Waals surface area contributed by atoms with E-state index in [2.05, 4.69) is 10.3 Å². The Morgan fingerprint density at radius 1 is 1.17 bits per heavy atom. The highest BCUT2D eigenvalue weighted by molar-refractivity contribution is 6.08. The van der Waals surface area contributed by atoms with Crippen molar-refractivity contribution < 1.29 is 28.8 Å². The fraction of sp³-hybridized carbons (Fsp3) is 0.538. The topological polar surface area (TPSA) is 137 Å². The van der Waals surface area contributed by atoms with E-state index in [4.69, 9.17) is 9.47 Å². The van der Waals surface area contributed by atoms with Gasteiger partial charge in [0, 0.05) is 35.0 Å². The number of nitrogens with one attached hydrogen (secondary N) is 1. The predicted octanol–water partition coefficient (Wildman–Crippen LogP) is 3.99. The van der Waals surface area contributed by atoms with Crippen LogP contribution >= 0.6 is 0 Å². The number of ether oxygens (including phenoxy) is 2. The standard InChI is InChI=1S/C26H33N3O7/c1-15-19(22(30)28-26(12-7-8-13-26)24(32)36-25(3,4)5)21(20(16(2)27-15)23(31)35-6)17-10-9-11-18(14-17)29(33)34/h9-11,14,20-21H,7-8,12-13H2,1-6H3,(H,28,30). The molecule has 2 aliphatic rings. The van der Waals surface area contributed by atoms with Crippen LogP contribution in [0.15, 0.2) is 40.5 Å². The summed E-state index contributed by atoms with van der Waals surface area (Å²) < 4.78 is 10.7. The first-order valence-electron chi connectivity index (χ1n) is 11.9. The van der Waals surface area contributed by atoms with Gasteiger partial charge in [-0.3, -0.25) is 24.7 Å². The molecule has 10 nitrogen and oxygen atoms in total. The summed E-state index contributed by atoms with van der Waals surface area (Å²) in [4.78, 5) is 55.3. The van der Waals surface area contributed by atoms with Crippen LogP contribution in [0.5, 0.6) is 0 Å². The number of hydrogen-bond acceptors (Lipinski definition) is 8. The lowest BCUT2D eigenvalue weighted by molar-refractivity contribution is -0.384. The Morgan fingerprint density at radius 2 is 1.81 bits per heavy atom. The third-order valence-corrected chi connectivity index (χ3v) is 6.57. The molecule has 3 rings (SSSR count). The average Bonchev–Trinajstić information content (AvgIpc) is 3.26. The van der Waals surface area contributed by atoms with Gasteiger partial charge in [-0.25, -0.2) is 4.79 Å². The van der Waals surface area contributed by atoms with Gasteiger partial charge in [-0.15, -0.1) is 0 Å². The zero-order chi connectivity index (χ0) is 26.8. The van der Waals surface area contributed by atoms with Gasteiger partial charge in [-0.1, -0.05) is 25.0 Å². The number of amides is 1. The summed E-state index contributed by atoms with van der Waals surface area (Å²) in [5, 5.41) is 14.4. The molecule has 2 atom stereocenters. The van der Waals surface area contributed by atoms with E-state index in [-0.39, 0.29) is 11.3 Å². The Labute approximate surface area is 210 Å². The Kier molecular flexibility index (Phi) is 7.66. The van der Waals surface area contributed by atoms with Crippen LogP contribution in [0.2, 0.25) is 0 Å². The van der Waals surface area contributed by atoms with E-state index in [0.29, 0.717) is 29.8 Å². The number of carbonyl (C=O) groups is 3. The SMILES string of the molecule is COC(=O)C1C(C)=NC(C)=C(C(=O)NC2(C(=O)OC(C)(C)C)CCCC2)C1c1cccc([N+](=O)[O-])c1. The Bertz CT molecular complexity index is 1140. The number of nitrogens with zero attached hydrogens (tertiary/aromatic N) is 2. The maximum absolute atomic E-state index is 13.9. The van der Waals surface area contributed by atoms with E-state index in [0.717, 1.165) is 12.8 Å². The lowest BCUT2D eigenvalue weighted by Gasteiger charge is -2.35. The molecule has 1 N–H and O–H groups in total. The van der Waals surface area contributed by atoms with Crippen molar-refractivity contribution in [1.82, 2.24) is 5.32 Å². The number of carbonyl (C=O) groups excluding carboxylic acids is 3. The van der Waals surface area contributed by atoms with Crippen molar-refractivity contribution in [2.45, 2.75) is 77.4 Å². The fourth-order valence-electron chi connectivity index (χ4n) is 4.98. The van der Waals surface area contributed by atoms with Crippen molar-refractivity contribution in [1.29, 1.82) is 0 Å². The molecular formula is C26H33N3O7. The molecule has 10 heteroatoms. The summed E-state index contributed by atoms with van der Waals surface area (Å²) in [5.74, 6) is -3.56. The molecular weight excluding hydrogens is 466 g/mol. The largest absolute Gasteiger partial charge is 0.468 e. The molecule has 1 aliphatic carbocycles. The summed E-state index contributed by atoms with van der Waals surface area (Å²) in [6.45, 7) is 8.59. The molecule has 0 radical (unpaired) electrons. The van der Waals surface area contributed by atoms with Gasteiger partial charge in [0.1, 0.15) is 17.1 Å². The quantitative estimate of drug-likeness (QED) is 0.355. The second kappa shape index (κ2) is 10.2. The maximum Gasteiger partial charge on any atom is 0.332 e. The van der Waals surface area contributed by atoms with Gasteiger partial charge in [0.15, 0.2) is 0 Å². The molecule has 0 bridgehead atoms. The van der Waals surface area contributed by atoms with Crippen molar-refractivity contribution in [2.24, 2.45) is 10.9 Å². The summed E-state index contributed by atoms with van der Waals surface area (Å²) in [5.41, 5.74) is -0.770. The summed E-state index contributed by atoms with van der Waals surface area (Å²) >= 11 is 0. The molecule has 1 amide bonds. The third kappa shape index (κ3) is 5.47. The molecule has 0 spiro atoms. The van der Waals surface area contributed by atoms with Crippen LogP contribution < -0.4 is 5.32 Å². The highest BCUT2D eigenvalue weighted by atomic mass is 16.6. The zero-order valence-electron chi connectivity index (χ0n) is 21.5. The highest BCUT2D eigenvalue weighted by Crippen LogP contribution is 2.41. The smallest absolute Gasteiger partial charge is 0.332 e. The van der Waals surface area contributed by atoms with Crippen molar-refractivity contribution in [3.63, 3.8) is 0 Å². The number of non-ortho nitro benzene ring substituents is 1. The molecule has 1 saturated carbocycles. The monoisotopic (exact) mass is 499 g/mol. The normalized spacial score (nSPS) is 21.4. The van der Waals surface area contributed by atoms with Crippen molar-refractivity contribution in [2.75, 3.05) is 7.11 Å². The lowest BCUT2D eigenvalue weighted by atomic mass is 9.75. The molecule has 1 fully saturated rings. The van der Waals surface area contributed by atoms with E-state index >= 15 is 0 Å². The second-order valence-electron chi connectivity index (χ2n) is 10.3. The van der Waals surface area contributed by atoms with Gasteiger partial charge in [-0.05, 0) is 53.0 Å². The fourth-order valence-corrected chi connectivity index (χ4v) is 4.98. The Morgan fingerprint density at radius 3 is 2.36 bits per heavy atom. The van der Waals surface area contributed by atoms with E-state index in [1.807, 2.05) is 0 Å². The van der Waals surface area contributed by atoms with Crippen LogP contribution in [-0.2, 0) is 23.9 Å². The van der Waals surface area contributed by atoms with Crippen LogP contribution in [0, 0.1) is 16.0 Å². The van der Waals surface area contributed by atoms with Crippen molar-refractivity contribution in [3.05, 3.63) is 51.2 Å². The van der Waals surface area contributed by atoms with E-state index in [1.165, 1.54) is 25.3 Å². The molecule has 194 valence electrons. The molecule has 1 aromatic carbocycles. The first kappa shape index (κ1) is 27.0. The molecule has 36 heavy (non-hydrogen) atoms. The Hall–Kier alpha value is -3.56. The highest BCUT2D eigenvalue weighted by Gasteiger charge is 2.48.